The van der Waals surface area contributed by atoms with E-state index in [1.807, 2.05) is 0 Å². The molecule has 1 aliphatic carbocycles. The van der Waals surface area contributed by atoms with Crippen LogP contribution in [0.2, 0.25) is 0 Å². The average molecular weight is 370 g/mol. The van der Waals surface area contributed by atoms with Gasteiger partial charge >= 0.3 is 5.97 Å². The van der Waals surface area contributed by atoms with Crippen molar-refractivity contribution in [3.63, 3.8) is 0 Å². The Morgan fingerprint density at radius 1 is 1.15 bits per heavy atom. The van der Waals surface area contributed by atoms with Gasteiger partial charge in [0.05, 0.1) is 24.4 Å². The van der Waals surface area contributed by atoms with E-state index in [9.17, 15) is 14.0 Å². The lowest BCUT2D eigenvalue weighted by atomic mass is 10.1. The molecule has 2 aromatic rings. The molecule has 1 aliphatic rings. The zero-order valence-electron chi connectivity index (χ0n) is 15.3. The first-order chi connectivity index (χ1) is 13.1. The van der Waals surface area contributed by atoms with Crippen LogP contribution >= 0.6 is 0 Å². The Kier molecular flexibility index (Phi) is 6.19. The number of benzene rings is 2. The number of hydrogen-bond acceptors (Lipinski definition) is 4. The highest BCUT2D eigenvalue weighted by Gasteiger charge is 2.30. The second kappa shape index (κ2) is 8.77. The Morgan fingerprint density at radius 3 is 2.52 bits per heavy atom. The summed E-state index contributed by atoms with van der Waals surface area (Å²) in [5.74, 6) is -0.926. The maximum atomic E-state index is 13.1. The Hall–Kier alpha value is -2.73. The van der Waals surface area contributed by atoms with E-state index in [-0.39, 0.29) is 24.9 Å². The predicted octanol–water partition coefficient (Wildman–Crippen LogP) is 3.61. The number of hydrogen-bond donors (Lipinski definition) is 1. The molecule has 142 valence electrons. The molecule has 5 nitrogen and oxygen atoms in total. The predicted molar refractivity (Wildman–Crippen MR) is 101 cm³/mol. The number of ether oxygens (including phenoxy) is 1. The van der Waals surface area contributed by atoms with E-state index in [0.717, 1.165) is 18.4 Å². The van der Waals surface area contributed by atoms with E-state index in [1.165, 1.54) is 12.1 Å². The Labute approximate surface area is 158 Å². The molecule has 1 fully saturated rings. The van der Waals surface area contributed by atoms with Gasteiger partial charge in [0.15, 0.2) is 0 Å². The molecule has 0 spiro atoms. The van der Waals surface area contributed by atoms with Crippen molar-refractivity contribution in [1.82, 2.24) is 4.90 Å². The summed E-state index contributed by atoms with van der Waals surface area (Å²) >= 11 is 0. The molecule has 0 atom stereocenters. The van der Waals surface area contributed by atoms with E-state index >= 15 is 0 Å². The number of carbonyl (C=O) groups excluding carboxylic acids is 2. The number of carbonyl (C=O) groups is 2. The smallest absolute Gasteiger partial charge is 0.340 e. The zero-order chi connectivity index (χ0) is 19.2. The molecule has 1 saturated carbocycles. The number of anilines is 1. The van der Waals surface area contributed by atoms with Gasteiger partial charge in [-0.05, 0) is 49.6 Å². The molecular weight excluding hydrogens is 347 g/mol. The van der Waals surface area contributed by atoms with Crippen LogP contribution in [0.15, 0.2) is 48.5 Å². The Morgan fingerprint density at radius 2 is 1.85 bits per heavy atom. The lowest BCUT2D eigenvalue weighted by Gasteiger charge is -2.22. The van der Waals surface area contributed by atoms with Crippen molar-refractivity contribution >= 4 is 17.6 Å². The molecule has 0 aromatic heterocycles. The van der Waals surface area contributed by atoms with Crippen molar-refractivity contribution in [3.05, 3.63) is 65.5 Å². The first kappa shape index (κ1) is 19.0. The van der Waals surface area contributed by atoms with Gasteiger partial charge in [0.25, 0.3) is 0 Å². The normalized spacial score (nSPS) is 13.4. The summed E-state index contributed by atoms with van der Waals surface area (Å²) in [4.78, 5) is 26.7. The van der Waals surface area contributed by atoms with Crippen molar-refractivity contribution in [1.29, 1.82) is 0 Å². The lowest BCUT2D eigenvalue weighted by Crippen LogP contribution is -2.34. The highest BCUT2D eigenvalue weighted by molar-refractivity contribution is 6.01. The number of para-hydroxylation sites is 1. The minimum absolute atomic E-state index is 0.194. The van der Waals surface area contributed by atoms with Gasteiger partial charge in [0.1, 0.15) is 5.82 Å². The van der Waals surface area contributed by atoms with Gasteiger partial charge in [-0.25, -0.2) is 9.18 Å². The van der Waals surface area contributed by atoms with E-state index < -0.39 is 5.97 Å². The number of nitrogens with one attached hydrogen (secondary N) is 1. The SMILES string of the molecule is CCOC(=O)c1ccccc1NC(=O)CN(Cc1ccc(F)cc1)C1CC1. The maximum Gasteiger partial charge on any atom is 0.340 e. The summed E-state index contributed by atoms with van der Waals surface area (Å²) < 4.78 is 18.1. The molecule has 0 saturated heterocycles. The van der Waals surface area contributed by atoms with Crippen molar-refractivity contribution in [2.75, 3.05) is 18.5 Å². The third-order valence-corrected chi connectivity index (χ3v) is 4.41. The summed E-state index contributed by atoms with van der Waals surface area (Å²) in [6.07, 6.45) is 2.10. The average Bonchev–Trinajstić information content (AvgIpc) is 3.49. The molecule has 6 heteroatoms. The van der Waals surface area contributed by atoms with E-state index in [0.29, 0.717) is 23.8 Å². The summed E-state index contributed by atoms with van der Waals surface area (Å²) in [5, 5.41) is 2.82. The van der Waals surface area contributed by atoms with Crippen LogP contribution < -0.4 is 5.32 Å². The molecule has 0 unspecified atom stereocenters. The monoisotopic (exact) mass is 370 g/mol. The molecule has 3 rings (SSSR count). The third-order valence-electron chi connectivity index (χ3n) is 4.41. The van der Waals surface area contributed by atoms with Crippen molar-refractivity contribution < 1.29 is 18.7 Å². The standard InChI is InChI=1S/C21H23FN2O3/c1-2-27-21(26)18-5-3-4-6-19(18)23-20(25)14-24(17-11-12-17)13-15-7-9-16(22)10-8-15/h3-10,17H,2,11-14H2,1H3,(H,23,25). The van der Waals surface area contributed by atoms with Crippen LogP contribution in [0, 0.1) is 5.82 Å². The fourth-order valence-corrected chi connectivity index (χ4v) is 2.93. The van der Waals surface area contributed by atoms with Gasteiger partial charge in [-0.15, -0.1) is 0 Å². The number of amides is 1. The lowest BCUT2D eigenvalue weighted by molar-refractivity contribution is -0.117. The van der Waals surface area contributed by atoms with Gasteiger partial charge in [-0.2, -0.15) is 0 Å². The first-order valence-electron chi connectivity index (χ1n) is 9.11. The Bertz CT molecular complexity index is 803. The van der Waals surface area contributed by atoms with Gasteiger partial charge in [0.2, 0.25) is 5.91 Å². The van der Waals surface area contributed by atoms with Crippen LogP contribution in [-0.4, -0.2) is 36.0 Å². The summed E-state index contributed by atoms with van der Waals surface area (Å²) in [7, 11) is 0. The molecule has 0 bridgehead atoms. The van der Waals surface area contributed by atoms with Gasteiger partial charge in [-0.3, -0.25) is 9.69 Å². The van der Waals surface area contributed by atoms with E-state index in [4.69, 9.17) is 4.74 Å². The van der Waals surface area contributed by atoms with Crippen molar-refractivity contribution in [2.24, 2.45) is 0 Å². The van der Waals surface area contributed by atoms with E-state index in [2.05, 4.69) is 10.2 Å². The zero-order valence-corrected chi connectivity index (χ0v) is 15.3. The summed E-state index contributed by atoms with van der Waals surface area (Å²) in [5.41, 5.74) is 1.74. The van der Waals surface area contributed by atoms with Gasteiger partial charge < -0.3 is 10.1 Å². The highest BCUT2D eigenvalue weighted by atomic mass is 19.1. The molecule has 27 heavy (non-hydrogen) atoms. The minimum Gasteiger partial charge on any atom is -0.462 e. The van der Waals surface area contributed by atoms with Crippen LogP contribution in [0.25, 0.3) is 0 Å². The number of rotatable bonds is 8. The number of nitrogens with zero attached hydrogens (tertiary/aromatic N) is 1. The van der Waals surface area contributed by atoms with Crippen LogP contribution in [0.5, 0.6) is 0 Å². The van der Waals surface area contributed by atoms with Gasteiger partial charge in [-0.1, -0.05) is 24.3 Å². The molecule has 0 radical (unpaired) electrons. The van der Waals surface area contributed by atoms with Crippen molar-refractivity contribution in [3.8, 4) is 0 Å². The summed E-state index contributed by atoms with van der Waals surface area (Å²) in [6.45, 7) is 2.80. The fraction of sp³-hybridized carbons (Fsp3) is 0.333. The first-order valence-corrected chi connectivity index (χ1v) is 9.11. The van der Waals surface area contributed by atoms with Crippen LogP contribution in [-0.2, 0) is 16.1 Å². The maximum absolute atomic E-state index is 13.1. The molecule has 1 N–H and O–H groups in total. The third kappa shape index (κ3) is 5.37. The van der Waals surface area contributed by atoms with Gasteiger partial charge in [0, 0.05) is 12.6 Å². The Balaban J connectivity index is 1.65. The number of esters is 1. The summed E-state index contributed by atoms with van der Waals surface area (Å²) in [6, 6.07) is 13.5. The molecular formula is C21H23FN2O3. The molecule has 2 aromatic carbocycles. The quantitative estimate of drug-likeness (QED) is 0.722. The second-order valence-corrected chi connectivity index (χ2v) is 6.58. The topological polar surface area (TPSA) is 58.6 Å². The number of halogens is 1. The highest BCUT2D eigenvalue weighted by Crippen LogP contribution is 2.28. The minimum atomic E-state index is -0.459. The van der Waals surface area contributed by atoms with Crippen LogP contribution in [0.4, 0.5) is 10.1 Å². The van der Waals surface area contributed by atoms with Crippen LogP contribution in [0.3, 0.4) is 0 Å². The molecule has 1 amide bonds. The largest absolute Gasteiger partial charge is 0.462 e. The molecule has 0 aliphatic heterocycles. The van der Waals surface area contributed by atoms with Crippen molar-refractivity contribution in [2.45, 2.75) is 32.4 Å². The second-order valence-electron chi connectivity index (χ2n) is 6.58. The van der Waals surface area contributed by atoms with E-state index in [1.54, 1.807) is 43.3 Å². The van der Waals surface area contributed by atoms with Crippen LogP contribution in [0.1, 0.15) is 35.7 Å². The molecule has 0 heterocycles. The fourth-order valence-electron chi connectivity index (χ4n) is 2.93.